The van der Waals surface area contributed by atoms with E-state index >= 15 is 0 Å². The van der Waals surface area contributed by atoms with Crippen molar-refractivity contribution in [1.29, 1.82) is 0 Å². The van der Waals surface area contributed by atoms with Crippen LogP contribution in [0.2, 0.25) is 0 Å². The van der Waals surface area contributed by atoms with Crippen LogP contribution in [0.1, 0.15) is 30.7 Å². The number of methoxy groups -OCH3 is 1. The molecule has 0 spiro atoms. The van der Waals surface area contributed by atoms with E-state index in [2.05, 4.69) is 35.5 Å². The first-order chi connectivity index (χ1) is 9.24. The normalized spacial score (nSPS) is 31.2. The van der Waals surface area contributed by atoms with Crippen molar-refractivity contribution < 1.29 is 4.74 Å². The molecule has 1 saturated carbocycles. The molecule has 1 aromatic carbocycles. The van der Waals surface area contributed by atoms with Gasteiger partial charge in [0.2, 0.25) is 0 Å². The summed E-state index contributed by atoms with van der Waals surface area (Å²) in [4.78, 5) is 2.41. The lowest BCUT2D eigenvalue weighted by Crippen LogP contribution is -2.46. The van der Waals surface area contributed by atoms with Crippen molar-refractivity contribution in [3.63, 3.8) is 0 Å². The smallest absolute Gasteiger partial charge is 0.119 e. The number of likely N-dealkylation sites (tertiary alicyclic amines) is 1. The van der Waals surface area contributed by atoms with E-state index in [4.69, 9.17) is 4.74 Å². The molecule has 1 saturated heterocycles. The summed E-state index contributed by atoms with van der Waals surface area (Å²) in [6, 6.07) is 9.96. The number of hydrogen-bond acceptors (Lipinski definition) is 3. The topological polar surface area (TPSA) is 24.5 Å². The van der Waals surface area contributed by atoms with Gasteiger partial charge >= 0.3 is 0 Å². The molecule has 1 atom stereocenters. The molecule has 2 aliphatic rings. The van der Waals surface area contributed by atoms with E-state index in [1.54, 1.807) is 7.11 Å². The zero-order valence-corrected chi connectivity index (χ0v) is 11.9. The molecule has 1 unspecified atom stereocenters. The Labute approximate surface area is 115 Å². The molecule has 3 heteroatoms. The van der Waals surface area contributed by atoms with Gasteiger partial charge in [0.05, 0.1) is 7.11 Å². The second-order valence-corrected chi connectivity index (χ2v) is 6.06. The van der Waals surface area contributed by atoms with Gasteiger partial charge in [-0.15, -0.1) is 0 Å². The summed E-state index contributed by atoms with van der Waals surface area (Å²) in [6.07, 6.45) is 3.84. The summed E-state index contributed by atoms with van der Waals surface area (Å²) in [7, 11) is 3.95. The zero-order valence-electron chi connectivity index (χ0n) is 11.9. The molecule has 0 bridgehead atoms. The van der Waals surface area contributed by atoms with Crippen molar-refractivity contribution in [1.82, 2.24) is 10.2 Å². The Bertz CT molecular complexity index is 429. The van der Waals surface area contributed by atoms with Gasteiger partial charge < -0.3 is 15.0 Å². The van der Waals surface area contributed by atoms with Crippen molar-refractivity contribution in [2.45, 2.75) is 37.3 Å². The highest BCUT2D eigenvalue weighted by Gasteiger charge is 2.33. The fourth-order valence-corrected chi connectivity index (χ4v) is 3.33. The van der Waals surface area contributed by atoms with Crippen LogP contribution in [-0.4, -0.2) is 44.2 Å². The van der Waals surface area contributed by atoms with Crippen LogP contribution in [0.25, 0.3) is 0 Å². The Morgan fingerprint density at radius 3 is 2.79 bits per heavy atom. The average Bonchev–Trinajstić information content (AvgIpc) is 2.79. The van der Waals surface area contributed by atoms with E-state index in [0.717, 1.165) is 5.75 Å². The van der Waals surface area contributed by atoms with E-state index in [1.807, 2.05) is 6.07 Å². The molecule has 19 heavy (non-hydrogen) atoms. The number of nitrogens with zero attached hydrogens (tertiary/aromatic N) is 1. The maximum atomic E-state index is 5.30. The standard InChI is InChI=1S/C16H24N2O/c1-18-7-6-14(11-18)17-15-8-13(9-15)12-4-3-5-16(10-12)19-2/h3-5,10,13-15,17H,6-9,11H2,1-2H3. The van der Waals surface area contributed by atoms with Gasteiger partial charge in [-0.25, -0.2) is 0 Å². The number of rotatable bonds is 4. The monoisotopic (exact) mass is 260 g/mol. The minimum atomic E-state index is 0.709. The van der Waals surface area contributed by atoms with Crippen LogP contribution in [0, 0.1) is 0 Å². The fraction of sp³-hybridized carbons (Fsp3) is 0.625. The van der Waals surface area contributed by atoms with Crippen molar-refractivity contribution >= 4 is 0 Å². The van der Waals surface area contributed by atoms with Crippen LogP contribution in [0.15, 0.2) is 24.3 Å². The Kier molecular flexibility index (Phi) is 3.76. The molecule has 0 aromatic heterocycles. The summed E-state index contributed by atoms with van der Waals surface area (Å²) < 4.78 is 5.30. The highest BCUT2D eigenvalue weighted by molar-refractivity contribution is 5.32. The predicted molar refractivity (Wildman–Crippen MR) is 77.8 cm³/mol. The first kappa shape index (κ1) is 12.9. The van der Waals surface area contributed by atoms with Gasteiger partial charge in [0, 0.05) is 18.6 Å². The Morgan fingerprint density at radius 1 is 1.26 bits per heavy atom. The second kappa shape index (κ2) is 5.51. The van der Waals surface area contributed by atoms with Crippen LogP contribution < -0.4 is 10.1 Å². The predicted octanol–water partition coefficient (Wildman–Crippen LogP) is 2.23. The average molecular weight is 260 g/mol. The molecule has 104 valence electrons. The van der Waals surface area contributed by atoms with Crippen molar-refractivity contribution in [2.75, 3.05) is 27.2 Å². The first-order valence-electron chi connectivity index (χ1n) is 7.33. The van der Waals surface area contributed by atoms with Gasteiger partial charge in [-0.2, -0.15) is 0 Å². The molecule has 3 nitrogen and oxygen atoms in total. The Balaban J connectivity index is 1.49. The van der Waals surface area contributed by atoms with Crippen LogP contribution in [-0.2, 0) is 0 Å². The maximum absolute atomic E-state index is 5.30. The molecule has 1 aliphatic heterocycles. The number of ether oxygens (including phenoxy) is 1. The molecular formula is C16H24N2O. The number of likely N-dealkylation sites (N-methyl/N-ethyl adjacent to an activating group) is 1. The molecule has 1 aromatic rings. The van der Waals surface area contributed by atoms with Gasteiger partial charge in [0.15, 0.2) is 0 Å². The molecule has 1 heterocycles. The largest absolute Gasteiger partial charge is 0.497 e. The third-order valence-electron chi connectivity index (χ3n) is 4.57. The van der Waals surface area contributed by atoms with Crippen molar-refractivity contribution in [3.8, 4) is 5.75 Å². The van der Waals surface area contributed by atoms with E-state index in [0.29, 0.717) is 18.0 Å². The first-order valence-corrected chi connectivity index (χ1v) is 7.33. The number of benzene rings is 1. The fourth-order valence-electron chi connectivity index (χ4n) is 3.33. The maximum Gasteiger partial charge on any atom is 0.119 e. The van der Waals surface area contributed by atoms with Gasteiger partial charge in [-0.1, -0.05) is 12.1 Å². The quantitative estimate of drug-likeness (QED) is 0.898. The summed E-state index contributed by atoms with van der Waals surface area (Å²) in [6.45, 7) is 2.45. The minimum absolute atomic E-state index is 0.709. The summed E-state index contributed by atoms with van der Waals surface area (Å²) >= 11 is 0. The lowest BCUT2D eigenvalue weighted by Gasteiger charge is -2.38. The van der Waals surface area contributed by atoms with Crippen LogP contribution in [0.3, 0.4) is 0 Å². The molecule has 1 aliphatic carbocycles. The Hall–Kier alpha value is -1.06. The van der Waals surface area contributed by atoms with Gasteiger partial charge in [0.25, 0.3) is 0 Å². The van der Waals surface area contributed by atoms with Crippen molar-refractivity contribution in [2.24, 2.45) is 0 Å². The summed E-state index contributed by atoms with van der Waals surface area (Å²) in [5, 5.41) is 3.80. The molecule has 3 rings (SSSR count). The lowest BCUT2D eigenvalue weighted by molar-refractivity contribution is 0.262. The molecule has 0 amide bonds. The van der Waals surface area contributed by atoms with Gasteiger partial charge in [0.1, 0.15) is 5.75 Å². The number of nitrogens with one attached hydrogen (secondary N) is 1. The summed E-state index contributed by atoms with van der Waals surface area (Å²) in [5.41, 5.74) is 1.43. The summed E-state index contributed by atoms with van der Waals surface area (Å²) in [5.74, 6) is 1.69. The van der Waals surface area contributed by atoms with E-state index in [1.165, 1.54) is 37.9 Å². The van der Waals surface area contributed by atoms with E-state index in [9.17, 15) is 0 Å². The molecule has 1 N–H and O–H groups in total. The minimum Gasteiger partial charge on any atom is -0.497 e. The molecule has 2 fully saturated rings. The SMILES string of the molecule is COc1cccc(C2CC(NC3CCN(C)C3)C2)c1. The molecular weight excluding hydrogens is 236 g/mol. The molecule has 0 radical (unpaired) electrons. The van der Waals surface area contributed by atoms with Gasteiger partial charge in [-0.3, -0.25) is 0 Å². The highest BCUT2D eigenvalue weighted by atomic mass is 16.5. The zero-order chi connectivity index (χ0) is 13.2. The lowest BCUT2D eigenvalue weighted by atomic mass is 9.75. The number of hydrogen-bond donors (Lipinski definition) is 1. The van der Waals surface area contributed by atoms with Crippen molar-refractivity contribution in [3.05, 3.63) is 29.8 Å². The van der Waals surface area contributed by atoms with E-state index in [-0.39, 0.29) is 0 Å². The Morgan fingerprint density at radius 2 is 2.11 bits per heavy atom. The third-order valence-corrected chi connectivity index (χ3v) is 4.57. The van der Waals surface area contributed by atoms with Crippen LogP contribution in [0.4, 0.5) is 0 Å². The van der Waals surface area contributed by atoms with Crippen LogP contribution in [0.5, 0.6) is 5.75 Å². The second-order valence-electron chi connectivity index (χ2n) is 6.06. The van der Waals surface area contributed by atoms with Gasteiger partial charge in [-0.05, 0) is 56.5 Å². The van der Waals surface area contributed by atoms with Crippen LogP contribution >= 0.6 is 0 Å². The highest BCUT2D eigenvalue weighted by Crippen LogP contribution is 2.38. The van der Waals surface area contributed by atoms with E-state index < -0.39 is 0 Å². The third kappa shape index (κ3) is 2.93.